The zero-order valence-corrected chi connectivity index (χ0v) is 17.1. The van der Waals surface area contributed by atoms with E-state index in [1.807, 2.05) is 23.1 Å². The number of aryl methyl sites for hydroxylation is 1. The number of carbonyl (C=O) groups is 1. The van der Waals surface area contributed by atoms with Crippen LogP contribution in [0.3, 0.4) is 0 Å². The molecule has 0 bridgehead atoms. The third-order valence-electron chi connectivity index (χ3n) is 4.43. The lowest BCUT2D eigenvalue weighted by molar-refractivity contribution is 0.0737. The molecule has 0 aliphatic heterocycles. The summed E-state index contributed by atoms with van der Waals surface area (Å²) in [5.74, 6) is 0.810. The zero-order chi connectivity index (χ0) is 19.4. The number of rotatable bonds is 7. The van der Waals surface area contributed by atoms with Crippen molar-refractivity contribution in [1.29, 1.82) is 0 Å². The highest BCUT2D eigenvalue weighted by Gasteiger charge is 2.20. The number of hydrogen-bond donors (Lipinski definition) is 0. The Morgan fingerprint density at radius 2 is 1.89 bits per heavy atom. The van der Waals surface area contributed by atoms with Crippen molar-refractivity contribution in [3.05, 3.63) is 63.9 Å². The molecule has 27 heavy (non-hydrogen) atoms. The monoisotopic (exact) mass is 403 g/mol. The molecule has 0 fully saturated rings. The minimum Gasteiger partial charge on any atom is -0.331 e. The fourth-order valence-corrected chi connectivity index (χ4v) is 3.73. The van der Waals surface area contributed by atoms with Crippen LogP contribution in [0.1, 0.15) is 42.9 Å². The summed E-state index contributed by atoms with van der Waals surface area (Å²) in [5, 5.41) is 1.24. The molecule has 0 atom stereocenters. The van der Waals surface area contributed by atoms with Gasteiger partial charge in [0.1, 0.15) is 5.82 Å². The second-order valence-corrected chi connectivity index (χ2v) is 7.37. The quantitative estimate of drug-likeness (QED) is 0.499. The number of benzene rings is 2. The molecule has 6 heteroatoms. The lowest BCUT2D eigenvalue weighted by Gasteiger charge is -2.22. The molecular formula is C21H23Cl2N3O. The molecule has 0 aliphatic carbocycles. The number of carbonyl (C=O) groups excluding carboxylic acids is 1. The molecule has 0 N–H and O–H groups in total. The Hall–Kier alpha value is -2.04. The zero-order valence-electron chi connectivity index (χ0n) is 15.6. The summed E-state index contributed by atoms with van der Waals surface area (Å²) >= 11 is 12.5. The van der Waals surface area contributed by atoms with Crippen molar-refractivity contribution in [2.75, 3.05) is 6.54 Å². The van der Waals surface area contributed by atoms with Crippen LogP contribution in [0.15, 0.2) is 42.5 Å². The maximum Gasteiger partial charge on any atom is 0.254 e. The van der Waals surface area contributed by atoms with Crippen LogP contribution in [0.25, 0.3) is 11.0 Å². The Kier molecular flexibility index (Phi) is 6.40. The predicted molar refractivity (Wildman–Crippen MR) is 112 cm³/mol. The normalized spacial score (nSPS) is 11.1. The summed E-state index contributed by atoms with van der Waals surface area (Å²) in [6, 6.07) is 12.8. The third-order valence-corrected chi connectivity index (χ3v) is 4.97. The van der Waals surface area contributed by atoms with Gasteiger partial charge >= 0.3 is 0 Å². The lowest BCUT2D eigenvalue weighted by Crippen LogP contribution is -2.32. The second-order valence-electron chi connectivity index (χ2n) is 6.52. The van der Waals surface area contributed by atoms with Gasteiger partial charge in [-0.25, -0.2) is 4.98 Å². The Morgan fingerprint density at radius 3 is 2.59 bits per heavy atom. The van der Waals surface area contributed by atoms with Crippen molar-refractivity contribution in [2.24, 2.45) is 0 Å². The number of hydrogen-bond acceptors (Lipinski definition) is 2. The van der Waals surface area contributed by atoms with Crippen molar-refractivity contribution in [3.8, 4) is 0 Å². The van der Waals surface area contributed by atoms with Gasteiger partial charge in [-0.15, -0.1) is 0 Å². The van der Waals surface area contributed by atoms with Gasteiger partial charge in [-0.1, -0.05) is 49.2 Å². The molecule has 3 rings (SSSR count). The Balaban J connectivity index is 1.98. The van der Waals surface area contributed by atoms with E-state index in [0.717, 1.165) is 36.2 Å². The van der Waals surface area contributed by atoms with Crippen LogP contribution < -0.4 is 0 Å². The van der Waals surface area contributed by atoms with E-state index in [4.69, 9.17) is 28.2 Å². The van der Waals surface area contributed by atoms with Crippen LogP contribution in [-0.2, 0) is 13.1 Å². The smallest absolute Gasteiger partial charge is 0.254 e. The minimum absolute atomic E-state index is 0.0412. The molecule has 1 amide bonds. The highest BCUT2D eigenvalue weighted by atomic mass is 35.5. The van der Waals surface area contributed by atoms with Gasteiger partial charge in [0.2, 0.25) is 0 Å². The van der Waals surface area contributed by atoms with Crippen LogP contribution in [0.5, 0.6) is 0 Å². The highest BCUT2D eigenvalue weighted by molar-refractivity contribution is 6.35. The van der Waals surface area contributed by atoms with Gasteiger partial charge in [0.15, 0.2) is 0 Å². The van der Waals surface area contributed by atoms with Crippen LogP contribution >= 0.6 is 23.2 Å². The van der Waals surface area contributed by atoms with Crippen molar-refractivity contribution in [3.63, 3.8) is 0 Å². The van der Waals surface area contributed by atoms with Gasteiger partial charge in [0.25, 0.3) is 5.91 Å². The topological polar surface area (TPSA) is 38.1 Å². The molecule has 4 nitrogen and oxygen atoms in total. The Labute approximate surface area is 169 Å². The fourth-order valence-electron chi connectivity index (χ4n) is 3.27. The van der Waals surface area contributed by atoms with Gasteiger partial charge < -0.3 is 9.47 Å². The molecule has 0 unspecified atom stereocenters. The lowest BCUT2D eigenvalue weighted by atomic mass is 10.2. The summed E-state index contributed by atoms with van der Waals surface area (Å²) in [4.78, 5) is 19.6. The number of nitrogens with zero attached hydrogens (tertiary/aromatic N) is 3. The summed E-state index contributed by atoms with van der Waals surface area (Å²) in [6.07, 6.45) is 1.82. The van der Waals surface area contributed by atoms with Gasteiger partial charge in [-0.2, -0.15) is 0 Å². The van der Waals surface area contributed by atoms with E-state index in [-0.39, 0.29) is 5.91 Å². The van der Waals surface area contributed by atoms with E-state index < -0.39 is 0 Å². The van der Waals surface area contributed by atoms with Crippen molar-refractivity contribution >= 4 is 40.1 Å². The summed E-state index contributed by atoms with van der Waals surface area (Å²) < 4.78 is 2.13. The first-order chi connectivity index (χ1) is 13.0. The third kappa shape index (κ3) is 4.28. The molecular weight excluding hydrogens is 381 g/mol. The van der Waals surface area contributed by atoms with E-state index in [1.54, 1.807) is 24.3 Å². The second kappa shape index (κ2) is 8.77. The maximum absolute atomic E-state index is 13.0. The molecule has 2 aromatic carbocycles. The average molecular weight is 404 g/mol. The van der Waals surface area contributed by atoms with Crippen molar-refractivity contribution in [1.82, 2.24) is 14.5 Å². The molecule has 0 spiro atoms. The fraction of sp³-hybridized carbons (Fsp3) is 0.333. The van der Waals surface area contributed by atoms with E-state index >= 15 is 0 Å². The molecule has 0 aliphatic rings. The molecule has 3 aromatic rings. The van der Waals surface area contributed by atoms with Crippen LogP contribution in [0, 0.1) is 0 Å². The summed E-state index contributed by atoms with van der Waals surface area (Å²) in [7, 11) is 0. The number of para-hydroxylation sites is 1. The first-order valence-corrected chi connectivity index (χ1v) is 9.99. The van der Waals surface area contributed by atoms with Gasteiger partial charge in [0, 0.05) is 23.7 Å². The highest BCUT2D eigenvalue weighted by Crippen LogP contribution is 2.26. The van der Waals surface area contributed by atoms with E-state index in [1.165, 1.54) is 0 Å². The first kappa shape index (κ1) is 19.7. The number of fused-ring (bicyclic) bond motifs is 1. The molecule has 1 heterocycles. The van der Waals surface area contributed by atoms with Crippen LogP contribution in [-0.4, -0.2) is 26.9 Å². The van der Waals surface area contributed by atoms with Crippen LogP contribution in [0.2, 0.25) is 10.0 Å². The largest absolute Gasteiger partial charge is 0.331 e. The van der Waals surface area contributed by atoms with Gasteiger partial charge in [0.05, 0.1) is 22.6 Å². The molecule has 0 saturated heterocycles. The Morgan fingerprint density at radius 1 is 1.11 bits per heavy atom. The predicted octanol–water partition coefficient (Wildman–Crippen LogP) is 5.81. The SMILES string of the molecule is CCCN(Cc1nc2cccc(Cl)c2n1CCC)C(=O)c1cccc(Cl)c1. The van der Waals surface area contributed by atoms with Crippen molar-refractivity contribution < 1.29 is 4.79 Å². The number of imidazole rings is 1. The number of halogens is 2. The van der Waals surface area contributed by atoms with Crippen LogP contribution in [0.4, 0.5) is 0 Å². The maximum atomic E-state index is 13.0. The van der Waals surface area contributed by atoms with Gasteiger partial charge in [-0.05, 0) is 43.2 Å². The van der Waals surface area contributed by atoms with E-state index in [2.05, 4.69) is 18.4 Å². The van der Waals surface area contributed by atoms with Gasteiger partial charge in [-0.3, -0.25) is 4.79 Å². The van der Waals surface area contributed by atoms with Crippen molar-refractivity contribution in [2.45, 2.75) is 39.8 Å². The minimum atomic E-state index is -0.0412. The molecule has 0 saturated carbocycles. The average Bonchev–Trinajstić information content (AvgIpc) is 3.00. The Bertz CT molecular complexity index is 952. The van der Waals surface area contributed by atoms with E-state index in [0.29, 0.717) is 28.7 Å². The summed E-state index contributed by atoms with van der Waals surface area (Å²) in [6.45, 7) is 6.07. The molecule has 0 radical (unpaired) electrons. The molecule has 142 valence electrons. The van der Waals surface area contributed by atoms with E-state index in [9.17, 15) is 4.79 Å². The first-order valence-electron chi connectivity index (χ1n) is 9.23. The number of aromatic nitrogens is 2. The summed E-state index contributed by atoms with van der Waals surface area (Å²) in [5.41, 5.74) is 2.38. The molecule has 1 aromatic heterocycles. The number of amides is 1. The standard InChI is InChI=1S/C21H23Cl2N3O/c1-3-11-25(21(27)15-7-5-8-16(22)13-15)14-19-24-18-10-6-9-17(23)20(18)26(19)12-4-2/h5-10,13H,3-4,11-12,14H2,1-2H3.